The Kier molecular flexibility index (Phi) is 5.00. The third-order valence-corrected chi connectivity index (χ3v) is 4.85. The molecule has 1 aromatic heterocycles. The van der Waals surface area contributed by atoms with E-state index in [1.54, 1.807) is 0 Å². The van der Waals surface area contributed by atoms with Gasteiger partial charge in [0, 0.05) is 11.2 Å². The molecule has 19 heavy (non-hydrogen) atoms. The summed E-state index contributed by atoms with van der Waals surface area (Å²) < 4.78 is 1.42. The Balaban J connectivity index is 2.20. The molecule has 0 fully saturated rings. The third kappa shape index (κ3) is 3.58. The summed E-state index contributed by atoms with van der Waals surface area (Å²) in [6.45, 7) is 9.07. The lowest BCUT2D eigenvalue weighted by Crippen LogP contribution is -2.33. The maximum atomic E-state index is 3.54. The zero-order valence-corrected chi connectivity index (χ0v) is 13.1. The average molecular weight is 275 g/mol. The predicted molar refractivity (Wildman–Crippen MR) is 87.1 cm³/mol. The van der Waals surface area contributed by atoms with Gasteiger partial charge in [-0.15, -0.1) is 11.3 Å². The highest BCUT2D eigenvalue weighted by atomic mass is 32.1. The number of fused-ring (bicyclic) bond motifs is 1. The second-order valence-electron chi connectivity index (χ2n) is 5.77. The molecule has 0 saturated heterocycles. The maximum absolute atomic E-state index is 3.54. The van der Waals surface area contributed by atoms with Crippen molar-refractivity contribution in [3.63, 3.8) is 0 Å². The topological polar surface area (TPSA) is 12.0 Å². The lowest BCUT2D eigenvalue weighted by atomic mass is 9.79. The molecule has 2 heteroatoms. The minimum atomic E-state index is 0.370. The van der Waals surface area contributed by atoms with Gasteiger partial charge in [-0.05, 0) is 47.2 Å². The molecule has 1 unspecified atom stereocenters. The van der Waals surface area contributed by atoms with Crippen molar-refractivity contribution in [3.05, 3.63) is 35.2 Å². The molecule has 0 aliphatic carbocycles. The van der Waals surface area contributed by atoms with Crippen molar-refractivity contribution in [1.82, 2.24) is 5.32 Å². The molecule has 104 valence electrons. The van der Waals surface area contributed by atoms with Crippen LogP contribution in [0.5, 0.6) is 0 Å². The summed E-state index contributed by atoms with van der Waals surface area (Å²) in [7, 11) is 0. The smallest absolute Gasteiger partial charge is 0.0345 e. The van der Waals surface area contributed by atoms with Gasteiger partial charge in [0.2, 0.25) is 0 Å². The fourth-order valence-corrected chi connectivity index (χ4v) is 3.86. The number of benzene rings is 1. The molecule has 0 aliphatic heterocycles. The van der Waals surface area contributed by atoms with E-state index >= 15 is 0 Å². The van der Waals surface area contributed by atoms with Crippen molar-refractivity contribution in [2.45, 2.75) is 40.0 Å². The fourth-order valence-electron chi connectivity index (χ4n) is 2.90. The highest BCUT2D eigenvalue weighted by Crippen LogP contribution is 2.33. The molecule has 2 aromatic rings. The molecule has 0 radical (unpaired) electrons. The van der Waals surface area contributed by atoms with Gasteiger partial charge >= 0.3 is 0 Å². The van der Waals surface area contributed by atoms with Crippen LogP contribution in [-0.4, -0.2) is 13.1 Å². The molecule has 0 aliphatic rings. The molecular weight excluding hydrogens is 250 g/mol. The van der Waals surface area contributed by atoms with Gasteiger partial charge in [-0.25, -0.2) is 0 Å². The fraction of sp³-hybridized carbons (Fsp3) is 0.529. The lowest BCUT2D eigenvalue weighted by molar-refractivity contribution is 0.278. The molecule has 0 spiro atoms. The normalized spacial score (nSPS) is 14.7. The highest BCUT2D eigenvalue weighted by Gasteiger charge is 2.24. The summed E-state index contributed by atoms with van der Waals surface area (Å²) in [5.74, 6) is 0. The van der Waals surface area contributed by atoms with E-state index in [4.69, 9.17) is 0 Å². The Labute approximate surface area is 121 Å². The van der Waals surface area contributed by atoms with E-state index in [9.17, 15) is 0 Å². The molecule has 0 amide bonds. The molecule has 1 heterocycles. The van der Waals surface area contributed by atoms with Crippen LogP contribution in [-0.2, 0) is 6.42 Å². The minimum absolute atomic E-state index is 0.370. The largest absolute Gasteiger partial charge is 0.316 e. The van der Waals surface area contributed by atoms with Crippen LogP contribution in [0.25, 0.3) is 10.1 Å². The Morgan fingerprint density at radius 3 is 2.74 bits per heavy atom. The van der Waals surface area contributed by atoms with Gasteiger partial charge in [-0.1, -0.05) is 45.4 Å². The van der Waals surface area contributed by atoms with Crippen LogP contribution < -0.4 is 5.32 Å². The van der Waals surface area contributed by atoms with Crippen LogP contribution in [0.4, 0.5) is 0 Å². The van der Waals surface area contributed by atoms with E-state index in [-0.39, 0.29) is 0 Å². The highest BCUT2D eigenvalue weighted by molar-refractivity contribution is 7.17. The van der Waals surface area contributed by atoms with Gasteiger partial charge in [0.1, 0.15) is 0 Å². The lowest BCUT2D eigenvalue weighted by Gasteiger charge is -2.29. The van der Waals surface area contributed by atoms with Crippen LogP contribution >= 0.6 is 11.3 Å². The van der Waals surface area contributed by atoms with Crippen LogP contribution in [0.1, 0.15) is 39.2 Å². The predicted octanol–water partition coefficient (Wildman–Crippen LogP) is 4.86. The van der Waals surface area contributed by atoms with Crippen LogP contribution in [0, 0.1) is 5.41 Å². The van der Waals surface area contributed by atoms with Gasteiger partial charge in [0.15, 0.2) is 0 Å². The summed E-state index contributed by atoms with van der Waals surface area (Å²) in [6, 6.07) is 8.78. The van der Waals surface area contributed by atoms with Gasteiger partial charge in [0.25, 0.3) is 0 Å². The van der Waals surface area contributed by atoms with E-state index < -0.39 is 0 Å². The van der Waals surface area contributed by atoms with Crippen LogP contribution in [0.2, 0.25) is 0 Å². The van der Waals surface area contributed by atoms with Gasteiger partial charge in [-0.2, -0.15) is 0 Å². The van der Waals surface area contributed by atoms with Gasteiger partial charge in [0.05, 0.1) is 0 Å². The maximum Gasteiger partial charge on any atom is 0.0345 e. The van der Waals surface area contributed by atoms with E-state index in [1.165, 1.54) is 34.9 Å². The Morgan fingerprint density at radius 2 is 2.00 bits per heavy atom. The number of rotatable bonds is 7. The van der Waals surface area contributed by atoms with Crippen molar-refractivity contribution < 1.29 is 0 Å². The van der Waals surface area contributed by atoms with Crippen molar-refractivity contribution >= 4 is 21.4 Å². The van der Waals surface area contributed by atoms with Crippen molar-refractivity contribution in [1.29, 1.82) is 0 Å². The first-order valence-corrected chi connectivity index (χ1v) is 8.22. The summed E-state index contributed by atoms with van der Waals surface area (Å²) in [5, 5.41) is 7.34. The molecular formula is C17H25NS. The van der Waals surface area contributed by atoms with Gasteiger partial charge < -0.3 is 5.32 Å². The Bertz CT molecular complexity index is 517. The second-order valence-corrected chi connectivity index (χ2v) is 6.69. The SMILES string of the molecule is CCCC(C)(CNCC)Cc1csc2ccccc12. The molecule has 1 aromatic carbocycles. The molecule has 0 saturated carbocycles. The van der Waals surface area contributed by atoms with Gasteiger partial charge in [-0.3, -0.25) is 0 Å². The zero-order valence-electron chi connectivity index (χ0n) is 12.3. The Hall–Kier alpha value is -0.860. The van der Waals surface area contributed by atoms with E-state index in [1.807, 2.05) is 11.3 Å². The first kappa shape index (κ1) is 14.5. The summed E-state index contributed by atoms with van der Waals surface area (Å²) >= 11 is 1.88. The number of hydrogen-bond acceptors (Lipinski definition) is 2. The average Bonchev–Trinajstić information content (AvgIpc) is 2.80. The van der Waals surface area contributed by atoms with Crippen molar-refractivity contribution in [2.75, 3.05) is 13.1 Å². The minimum Gasteiger partial charge on any atom is -0.316 e. The monoisotopic (exact) mass is 275 g/mol. The molecule has 1 N–H and O–H groups in total. The second kappa shape index (κ2) is 6.53. The number of hydrogen-bond donors (Lipinski definition) is 1. The zero-order chi connectivity index (χ0) is 13.7. The number of nitrogens with one attached hydrogen (secondary N) is 1. The molecule has 1 atom stereocenters. The molecule has 1 nitrogen and oxygen atoms in total. The van der Waals surface area contributed by atoms with E-state index in [2.05, 4.69) is 55.7 Å². The number of thiophene rings is 1. The standard InChI is InChI=1S/C17H25NS/c1-4-10-17(3,13-18-5-2)11-14-12-19-16-9-7-6-8-15(14)16/h6-9,12,18H,4-5,10-11,13H2,1-3H3. The summed E-state index contributed by atoms with van der Waals surface area (Å²) in [6.07, 6.45) is 3.71. The van der Waals surface area contributed by atoms with Crippen LogP contribution in [0.3, 0.4) is 0 Å². The molecule has 0 bridgehead atoms. The first-order valence-electron chi connectivity index (χ1n) is 7.34. The van der Waals surface area contributed by atoms with Crippen LogP contribution in [0.15, 0.2) is 29.6 Å². The van der Waals surface area contributed by atoms with E-state index in [0.717, 1.165) is 13.1 Å². The first-order chi connectivity index (χ1) is 9.18. The summed E-state index contributed by atoms with van der Waals surface area (Å²) in [4.78, 5) is 0. The summed E-state index contributed by atoms with van der Waals surface area (Å²) in [5.41, 5.74) is 1.89. The van der Waals surface area contributed by atoms with E-state index in [0.29, 0.717) is 5.41 Å². The quantitative estimate of drug-likeness (QED) is 0.761. The Morgan fingerprint density at radius 1 is 1.21 bits per heavy atom. The third-order valence-electron chi connectivity index (χ3n) is 3.83. The van der Waals surface area contributed by atoms with Crippen molar-refractivity contribution in [3.8, 4) is 0 Å². The van der Waals surface area contributed by atoms with Crippen molar-refractivity contribution in [2.24, 2.45) is 5.41 Å². The molecule has 2 rings (SSSR count).